The number of carbonyl (C=O) groups is 1. The average molecular weight is 285 g/mol. The van der Waals surface area contributed by atoms with Crippen molar-refractivity contribution in [1.82, 2.24) is 15.3 Å². The highest BCUT2D eigenvalue weighted by Crippen LogP contribution is 2.20. The van der Waals surface area contributed by atoms with Crippen molar-refractivity contribution in [1.29, 1.82) is 0 Å². The number of hydrogen-bond acceptors (Lipinski definition) is 6. The van der Waals surface area contributed by atoms with Crippen LogP contribution in [0.3, 0.4) is 0 Å². The van der Waals surface area contributed by atoms with Crippen molar-refractivity contribution in [2.24, 2.45) is 0 Å². The van der Waals surface area contributed by atoms with Crippen LogP contribution in [-0.4, -0.2) is 35.1 Å². The van der Waals surface area contributed by atoms with Crippen LogP contribution in [-0.2, 0) is 11.3 Å². The Balaban J connectivity index is 1.78. The maximum atomic E-state index is 11.4. The largest absolute Gasteiger partial charge is 0.491 e. The molecule has 0 atom stereocenters. The van der Waals surface area contributed by atoms with E-state index in [9.17, 15) is 9.82 Å². The van der Waals surface area contributed by atoms with Gasteiger partial charge in [0.1, 0.15) is 11.4 Å². The molecule has 8 heteroatoms. The fraction of sp³-hybridized carbons (Fsp3) is 0.154. The zero-order valence-corrected chi connectivity index (χ0v) is 11.2. The molecule has 1 aliphatic heterocycles. The third-order valence-electron chi connectivity index (χ3n) is 3.09. The molecule has 0 bridgehead atoms. The molecule has 21 heavy (non-hydrogen) atoms. The highest BCUT2D eigenvalue weighted by Gasteiger charge is 2.27. The highest BCUT2D eigenvalue weighted by molar-refractivity contribution is 6.61. The lowest BCUT2D eigenvalue weighted by atomic mass is 9.79. The Morgan fingerprint density at radius 1 is 1.43 bits per heavy atom. The summed E-state index contributed by atoms with van der Waals surface area (Å²) in [5.41, 5.74) is 1.82. The SMILES string of the molecule is CNC(=O)c1cnc(Oc2ccc3c(c2)B(O)OC3)cn1. The number of amides is 1. The zero-order chi connectivity index (χ0) is 14.8. The molecule has 106 valence electrons. The second kappa shape index (κ2) is 5.51. The van der Waals surface area contributed by atoms with Gasteiger partial charge in [-0.25, -0.2) is 9.97 Å². The Hall–Kier alpha value is -2.45. The van der Waals surface area contributed by atoms with Crippen molar-refractivity contribution in [2.75, 3.05) is 7.05 Å². The molecule has 7 nitrogen and oxygen atoms in total. The van der Waals surface area contributed by atoms with Gasteiger partial charge in [-0.15, -0.1) is 0 Å². The van der Waals surface area contributed by atoms with Crippen LogP contribution in [0.4, 0.5) is 0 Å². The van der Waals surface area contributed by atoms with Gasteiger partial charge in [0.25, 0.3) is 5.91 Å². The molecular weight excluding hydrogens is 273 g/mol. The van der Waals surface area contributed by atoms with E-state index in [0.717, 1.165) is 5.56 Å². The summed E-state index contributed by atoms with van der Waals surface area (Å²) >= 11 is 0. The summed E-state index contributed by atoms with van der Waals surface area (Å²) in [4.78, 5) is 19.3. The molecule has 2 heterocycles. The second-order valence-electron chi connectivity index (χ2n) is 4.45. The topological polar surface area (TPSA) is 93.6 Å². The van der Waals surface area contributed by atoms with Crippen molar-refractivity contribution >= 4 is 18.5 Å². The summed E-state index contributed by atoms with van der Waals surface area (Å²) in [6.45, 7) is 0.386. The van der Waals surface area contributed by atoms with E-state index in [0.29, 0.717) is 17.8 Å². The van der Waals surface area contributed by atoms with Crippen molar-refractivity contribution in [2.45, 2.75) is 6.61 Å². The number of aromatic nitrogens is 2. The Bertz CT molecular complexity index is 678. The van der Waals surface area contributed by atoms with Gasteiger partial charge < -0.3 is 19.7 Å². The number of hydrogen-bond donors (Lipinski definition) is 2. The molecule has 0 saturated heterocycles. The van der Waals surface area contributed by atoms with Crippen LogP contribution < -0.4 is 15.5 Å². The van der Waals surface area contributed by atoms with Crippen molar-refractivity contribution in [3.05, 3.63) is 41.9 Å². The van der Waals surface area contributed by atoms with Crippen molar-refractivity contribution in [3.8, 4) is 11.6 Å². The van der Waals surface area contributed by atoms with Crippen LogP contribution >= 0.6 is 0 Å². The first-order valence-corrected chi connectivity index (χ1v) is 6.32. The van der Waals surface area contributed by atoms with E-state index in [1.807, 2.05) is 6.07 Å². The van der Waals surface area contributed by atoms with Gasteiger partial charge in [0.05, 0.1) is 19.0 Å². The molecule has 0 saturated carbocycles. The van der Waals surface area contributed by atoms with Crippen LogP contribution in [0.5, 0.6) is 11.6 Å². The van der Waals surface area contributed by atoms with E-state index in [2.05, 4.69) is 15.3 Å². The predicted octanol–water partition coefficient (Wildman–Crippen LogP) is -0.154. The van der Waals surface area contributed by atoms with Gasteiger partial charge in [0.15, 0.2) is 0 Å². The standard InChI is InChI=1S/C13H12BN3O4/c1-15-13(18)11-5-17-12(6-16-11)21-9-3-2-8-7-20-14(19)10(8)4-9/h2-6,19H,7H2,1H3,(H,15,18). The van der Waals surface area contributed by atoms with Gasteiger partial charge >= 0.3 is 7.12 Å². The first-order valence-electron chi connectivity index (χ1n) is 6.32. The molecule has 1 aromatic heterocycles. The number of carbonyl (C=O) groups excluding carboxylic acids is 1. The number of nitrogens with one attached hydrogen (secondary N) is 1. The molecule has 0 unspecified atom stereocenters. The summed E-state index contributed by atoms with van der Waals surface area (Å²) in [7, 11) is 0.595. The van der Waals surface area contributed by atoms with E-state index in [1.165, 1.54) is 19.4 Å². The van der Waals surface area contributed by atoms with Crippen molar-refractivity contribution in [3.63, 3.8) is 0 Å². The molecular formula is C13H12BN3O4. The van der Waals surface area contributed by atoms with Gasteiger partial charge in [-0.3, -0.25) is 4.79 Å². The van der Waals surface area contributed by atoms with E-state index in [4.69, 9.17) is 9.39 Å². The minimum Gasteiger partial charge on any atom is -0.438 e. The highest BCUT2D eigenvalue weighted by atomic mass is 16.5. The first-order chi connectivity index (χ1) is 10.2. The molecule has 0 radical (unpaired) electrons. The quantitative estimate of drug-likeness (QED) is 0.761. The average Bonchev–Trinajstić information content (AvgIpc) is 2.88. The lowest BCUT2D eigenvalue weighted by molar-refractivity contribution is 0.0957. The molecule has 0 spiro atoms. The van der Waals surface area contributed by atoms with Gasteiger partial charge in [0.2, 0.25) is 5.88 Å². The fourth-order valence-electron chi connectivity index (χ4n) is 1.99. The van der Waals surface area contributed by atoms with Crippen molar-refractivity contribution < 1.29 is 19.2 Å². The van der Waals surface area contributed by atoms with E-state index < -0.39 is 7.12 Å². The molecule has 2 N–H and O–H groups in total. The van der Waals surface area contributed by atoms with Crippen LogP contribution in [0.2, 0.25) is 0 Å². The summed E-state index contributed by atoms with van der Waals surface area (Å²) in [6, 6.07) is 5.28. The van der Waals surface area contributed by atoms with E-state index >= 15 is 0 Å². The van der Waals surface area contributed by atoms with Crippen LogP contribution in [0.25, 0.3) is 0 Å². The number of fused-ring (bicyclic) bond motifs is 1. The Morgan fingerprint density at radius 2 is 2.29 bits per heavy atom. The molecule has 0 fully saturated rings. The normalized spacial score (nSPS) is 13.0. The molecule has 1 amide bonds. The van der Waals surface area contributed by atoms with Crippen LogP contribution in [0, 0.1) is 0 Å². The predicted molar refractivity (Wildman–Crippen MR) is 74.3 cm³/mol. The molecule has 1 aromatic carbocycles. The number of benzene rings is 1. The summed E-state index contributed by atoms with van der Waals surface area (Å²) < 4.78 is 10.7. The van der Waals surface area contributed by atoms with Crippen LogP contribution in [0.15, 0.2) is 30.6 Å². The molecule has 0 aliphatic carbocycles. The maximum absolute atomic E-state index is 11.4. The summed E-state index contributed by atoms with van der Waals surface area (Å²) in [6.07, 6.45) is 2.70. The first kappa shape index (κ1) is 13.5. The Kier molecular flexibility index (Phi) is 3.55. The van der Waals surface area contributed by atoms with Gasteiger partial charge in [-0.1, -0.05) is 6.07 Å². The monoisotopic (exact) mass is 285 g/mol. The van der Waals surface area contributed by atoms with E-state index in [-0.39, 0.29) is 17.5 Å². The van der Waals surface area contributed by atoms with E-state index in [1.54, 1.807) is 12.1 Å². The third kappa shape index (κ3) is 2.71. The van der Waals surface area contributed by atoms with Gasteiger partial charge in [-0.05, 0) is 23.2 Å². The van der Waals surface area contributed by atoms with Gasteiger partial charge in [-0.2, -0.15) is 0 Å². The minimum atomic E-state index is -0.926. The summed E-state index contributed by atoms with van der Waals surface area (Å²) in [5, 5.41) is 12.1. The van der Waals surface area contributed by atoms with Gasteiger partial charge in [0, 0.05) is 7.05 Å². The number of rotatable bonds is 3. The number of ether oxygens (including phenoxy) is 1. The number of nitrogens with zero attached hydrogens (tertiary/aromatic N) is 2. The Morgan fingerprint density at radius 3 is 3.00 bits per heavy atom. The fourth-order valence-corrected chi connectivity index (χ4v) is 1.99. The van der Waals surface area contributed by atoms with Crippen LogP contribution in [0.1, 0.15) is 16.1 Å². The molecule has 2 aromatic rings. The lowest BCUT2D eigenvalue weighted by Gasteiger charge is -2.06. The molecule has 1 aliphatic rings. The zero-order valence-electron chi connectivity index (χ0n) is 11.2. The maximum Gasteiger partial charge on any atom is 0.491 e. The molecule has 3 rings (SSSR count). The Labute approximate surface area is 121 Å². The third-order valence-corrected chi connectivity index (χ3v) is 3.09. The smallest absolute Gasteiger partial charge is 0.438 e. The minimum absolute atomic E-state index is 0.211. The lowest BCUT2D eigenvalue weighted by Crippen LogP contribution is -2.27. The second-order valence-corrected chi connectivity index (χ2v) is 4.45. The summed E-state index contributed by atoms with van der Waals surface area (Å²) in [5.74, 6) is 0.461.